The Morgan fingerprint density at radius 1 is 1.29 bits per heavy atom. The fourth-order valence-corrected chi connectivity index (χ4v) is 2.57. The maximum atomic E-state index is 12.4. The van der Waals surface area contributed by atoms with Crippen molar-refractivity contribution < 1.29 is 9.53 Å². The molecule has 116 valence electrons. The molecule has 1 rings (SSSR count). The number of amides is 1. The third-order valence-electron chi connectivity index (χ3n) is 3.64. The average molecular weight is 289 g/mol. The van der Waals surface area contributed by atoms with Crippen LogP contribution in [0, 0.1) is 11.8 Å². The largest absolute Gasteiger partial charge is 0.496 e. The molecule has 1 aromatic carbocycles. The van der Waals surface area contributed by atoms with Crippen molar-refractivity contribution in [3.8, 4) is 5.75 Å². The van der Waals surface area contributed by atoms with Crippen molar-refractivity contribution in [1.29, 1.82) is 0 Å². The summed E-state index contributed by atoms with van der Waals surface area (Å²) in [5.41, 5.74) is 1.64. The van der Waals surface area contributed by atoms with Crippen LogP contribution in [0.15, 0.2) is 30.9 Å². The molecule has 0 aromatic heterocycles. The highest BCUT2D eigenvalue weighted by Crippen LogP contribution is 2.21. The van der Waals surface area contributed by atoms with E-state index in [1.807, 2.05) is 18.2 Å². The zero-order valence-electron chi connectivity index (χ0n) is 13.8. The summed E-state index contributed by atoms with van der Waals surface area (Å²) in [6.45, 7) is 12.3. The summed E-state index contributed by atoms with van der Waals surface area (Å²) < 4.78 is 5.31. The molecule has 0 spiro atoms. The number of nitrogens with one attached hydrogen (secondary N) is 1. The first-order chi connectivity index (χ1) is 9.90. The van der Waals surface area contributed by atoms with E-state index < -0.39 is 0 Å². The molecular weight excluding hydrogens is 262 g/mol. The number of allylic oxidation sites excluding steroid dienone is 1. The van der Waals surface area contributed by atoms with Crippen LogP contribution in [-0.4, -0.2) is 19.1 Å². The third kappa shape index (κ3) is 4.62. The lowest BCUT2D eigenvalue weighted by molar-refractivity contribution is 0.0910. The van der Waals surface area contributed by atoms with E-state index in [9.17, 15) is 4.79 Å². The second-order valence-corrected chi connectivity index (χ2v) is 6.01. The highest BCUT2D eigenvalue weighted by atomic mass is 16.5. The minimum absolute atomic E-state index is 0.0321. The van der Waals surface area contributed by atoms with Gasteiger partial charge in [0.05, 0.1) is 7.11 Å². The van der Waals surface area contributed by atoms with E-state index in [1.54, 1.807) is 13.2 Å². The quantitative estimate of drug-likeness (QED) is 0.775. The first-order valence-electron chi connectivity index (χ1n) is 7.49. The van der Waals surface area contributed by atoms with Crippen LogP contribution in [0.5, 0.6) is 5.75 Å². The lowest BCUT2D eigenvalue weighted by Crippen LogP contribution is -2.42. The monoisotopic (exact) mass is 289 g/mol. The van der Waals surface area contributed by atoms with Crippen molar-refractivity contribution in [2.75, 3.05) is 7.11 Å². The average Bonchev–Trinajstić information content (AvgIpc) is 2.44. The zero-order chi connectivity index (χ0) is 16.0. The van der Waals surface area contributed by atoms with Gasteiger partial charge < -0.3 is 10.1 Å². The number of hydrogen-bond donors (Lipinski definition) is 1. The molecule has 0 atom stereocenters. The normalized spacial score (nSPS) is 11.0. The van der Waals surface area contributed by atoms with Gasteiger partial charge in [-0.1, -0.05) is 33.8 Å². The minimum Gasteiger partial charge on any atom is -0.496 e. The molecule has 0 bridgehead atoms. The molecule has 3 heteroatoms. The van der Waals surface area contributed by atoms with E-state index in [2.05, 4.69) is 39.6 Å². The van der Waals surface area contributed by atoms with Crippen molar-refractivity contribution in [3.63, 3.8) is 0 Å². The van der Waals surface area contributed by atoms with Crippen LogP contribution in [0.3, 0.4) is 0 Å². The van der Waals surface area contributed by atoms with Crippen molar-refractivity contribution >= 4 is 5.91 Å². The summed E-state index contributed by atoms with van der Waals surface area (Å²) in [5, 5.41) is 3.13. The fraction of sp³-hybridized carbons (Fsp3) is 0.500. The maximum Gasteiger partial charge on any atom is 0.251 e. The van der Waals surface area contributed by atoms with Crippen molar-refractivity contribution in [3.05, 3.63) is 42.0 Å². The summed E-state index contributed by atoms with van der Waals surface area (Å²) >= 11 is 0. The van der Waals surface area contributed by atoms with Gasteiger partial charge in [-0.2, -0.15) is 0 Å². The van der Waals surface area contributed by atoms with Gasteiger partial charge in [0, 0.05) is 11.6 Å². The molecule has 21 heavy (non-hydrogen) atoms. The highest BCUT2D eigenvalue weighted by Gasteiger charge is 2.20. The lowest BCUT2D eigenvalue weighted by Gasteiger charge is -2.26. The summed E-state index contributed by atoms with van der Waals surface area (Å²) in [6, 6.07) is 5.70. The standard InChI is InChI=1S/C18H27NO2/c1-7-8-14-11-15(9-10-16(14)21-6)18(20)19-17(12(2)3)13(4)5/h7,9-13,17H,1,8H2,2-6H3,(H,19,20). The van der Waals surface area contributed by atoms with Gasteiger partial charge in [-0.25, -0.2) is 0 Å². The molecule has 0 heterocycles. The minimum atomic E-state index is -0.0321. The molecule has 1 amide bonds. The summed E-state index contributed by atoms with van der Waals surface area (Å²) in [5.74, 6) is 1.56. The predicted octanol–water partition coefficient (Wildman–Crippen LogP) is 3.83. The van der Waals surface area contributed by atoms with Crippen molar-refractivity contribution in [1.82, 2.24) is 5.32 Å². The maximum absolute atomic E-state index is 12.4. The van der Waals surface area contributed by atoms with Gasteiger partial charge in [0.25, 0.3) is 5.91 Å². The van der Waals surface area contributed by atoms with Crippen molar-refractivity contribution in [2.45, 2.75) is 40.2 Å². The lowest BCUT2D eigenvalue weighted by atomic mass is 9.93. The Balaban J connectivity index is 2.96. The van der Waals surface area contributed by atoms with Gasteiger partial charge in [0.15, 0.2) is 0 Å². The number of hydrogen-bond acceptors (Lipinski definition) is 2. The number of benzene rings is 1. The number of ether oxygens (including phenoxy) is 1. The molecule has 0 saturated heterocycles. The zero-order valence-corrected chi connectivity index (χ0v) is 13.8. The fourth-order valence-electron chi connectivity index (χ4n) is 2.57. The summed E-state index contributed by atoms with van der Waals surface area (Å²) in [6.07, 6.45) is 2.49. The van der Waals surface area contributed by atoms with Gasteiger partial charge in [-0.3, -0.25) is 4.79 Å². The van der Waals surface area contributed by atoms with Gasteiger partial charge in [-0.15, -0.1) is 6.58 Å². The predicted molar refractivity (Wildman–Crippen MR) is 87.8 cm³/mol. The molecule has 3 nitrogen and oxygen atoms in total. The van der Waals surface area contributed by atoms with Crippen molar-refractivity contribution in [2.24, 2.45) is 11.8 Å². The Bertz CT molecular complexity index is 484. The number of rotatable bonds is 7. The smallest absolute Gasteiger partial charge is 0.251 e. The second-order valence-electron chi connectivity index (χ2n) is 6.01. The number of methoxy groups -OCH3 is 1. The van der Waals surface area contributed by atoms with E-state index in [0.29, 0.717) is 23.8 Å². The van der Waals surface area contributed by atoms with Crippen LogP contribution >= 0.6 is 0 Å². The van der Waals surface area contributed by atoms with Crippen LogP contribution in [0.25, 0.3) is 0 Å². The SMILES string of the molecule is C=CCc1cc(C(=O)NC(C(C)C)C(C)C)ccc1OC. The molecule has 1 aromatic rings. The first-order valence-corrected chi connectivity index (χ1v) is 7.49. The van der Waals surface area contributed by atoms with Gasteiger partial charge in [-0.05, 0) is 42.0 Å². The van der Waals surface area contributed by atoms with Crippen LogP contribution in [0.1, 0.15) is 43.6 Å². The molecule has 0 aliphatic carbocycles. The summed E-state index contributed by atoms with van der Waals surface area (Å²) in [7, 11) is 1.63. The number of carbonyl (C=O) groups is 1. The second kappa shape index (κ2) is 7.87. The van der Waals surface area contributed by atoms with E-state index >= 15 is 0 Å². The topological polar surface area (TPSA) is 38.3 Å². The Kier molecular flexibility index (Phi) is 6.47. The van der Waals surface area contributed by atoms with Gasteiger partial charge >= 0.3 is 0 Å². The third-order valence-corrected chi connectivity index (χ3v) is 3.64. The molecule has 0 radical (unpaired) electrons. The van der Waals surface area contributed by atoms with Gasteiger partial charge in [0.2, 0.25) is 0 Å². The van der Waals surface area contributed by atoms with E-state index in [4.69, 9.17) is 4.74 Å². The Hall–Kier alpha value is -1.77. The molecular formula is C18H27NO2. The highest BCUT2D eigenvalue weighted by molar-refractivity contribution is 5.94. The van der Waals surface area contributed by atoms with E-state index in [0.717, 1.165) is 11.3 Å². The van der Waals surface area contributed by atoms with Crippen LogP contribution in [-0.2, 0) is 6.42 Å². The molecule has 0 fully saturated rings. The molecule has 1 N–H and O–H groups in total. The molecule has 0 aliphatic heterocycles. The Labute approximate surface area is 128 Å². The molecule has 0 aliphatic rings. The first kappa shape index (κ1) is 17.3. The van der Waals surface area contributed by atoms with Crippen LogP contribution in [0.4, 0.5) is 0 Å². The van der Waals surface area contributed by atoms with E-state index in [1.165, 1.54) is 0 Å². The van der Waals surface area contributed by atoms with Crippen LogP contribution < -0.4 is 10.1 Å². The summed E-state index contributed by atoms with van der Waals surface area (Å²) in [4.78, 5) is 12.4. The number of carbonyl (C=O) groups excluding carboxylic acids is 1. The van der Waals surface area contributed by atoms with E-state index in [-0.39, 0.29) is 11.9 Å². The molecule has 0 saturated carbocycles. The molecule has 0 unspecified atom stereocenters. The van der Waals surface area contributed by atoms with Gasteiger partial charge in [0.1, 0.15) is 5.75 Å². The Morgan fingerprint density at radius 3 is 2.38 bits per heavy atom. The Morgan fingerprint density at radius 2 is 1.90 bits per heavy atom. The van der Waals surface area contributed by atoms with Crippen LogP contribution in [0.2, 0.25) is 0 Å².